The van der Waals surface area contributed by atoms with Crippen LogP contribution in [0.5, 0.6) is 0 Å². The zero-order valence-electron chi connectivity index (χ0n) is 10.0. The van der Waals surface area contributed by atoms with Crippen LogP contribution in [0, 0.1) is 11.3 Å². The summed E-state index contributed by atoms with van der Waals surface area (Å²) in [5.74, 6) is 0. The fourth-order valence-electron chi connectivity index (χ4n) is 1.67. The molecule has 0 saturated carbocycles. The molecule has 0 aliphatic heterocycles. The number of alkyl halides is 3. The van der Waals surface area contributed by atoms with Gasteiger partial charge in [0.15, 0.2) is 0 Å². The van der Waals surface area contributed by atoms with Crippen molar-refractivity contribution < 1.29 is 13.2 Å². The van der Waals surface area contributed by atoms with Crippen LogP contribution in [0.1, 0.15) is 11.1 Å². The lowest BCUT2D eigenvalue weighted by Gasteiger charge is -2.13. The van der Waals surface area contributed by atoms with Crippen molar-refractivity contribution in [2.75, 3.05) is 5.32 Å². The maximum atomic E-state index is 12.8. The van der Waals surface area contributed by atoms with Gasteiger partial charge in [0, 0.05) is 10.2 Å². The first kappa shape index (κ1) is 14.4. The molecule has 0 fully saturated rings. The number of para-hydroxylation sites is 1. The van der Waals surface area contributed by atoms with Crippen LogP contribution in [0.3, 0.4) is 0 Å². The Labute approximate surface area is 122 Å². The fourth-order valence-corrected chi connectivity index (χ4v) is 2.14. The van der Waals surface area contributed by atoms with E-state index in [0.717, 1.165) is 6.07 Å². The Morgan fingerprint density at radius 1 is 1.10 bits per heavy atom. The molecule has 0 aliphatic rings. The van der Waals surface area contributed by atoms with Gasteiger partial charge in [0.1, 0.15) is 6.07 Å². The van der Waals surface area contributed by atoms with Gasteiger partial charge in [-0.05, 0) is 30.3 Å². The summed E-state index contributed by atoms with van der Waals surface area (Å²) in [5.41, 5.74) is 0.328. The lowest BCUT2D eigenvalue weighted by atomic mass is 10.1. The lowest BCUT2D eigenvalue weighted by Crippen LogP contribution is -2.06. The minimum absolute atomic E-state index is 0.0240. The van der Waals surface area contributed by atoms with Crippen LogP contribution in [0.2, 0.25) is 0 Å². The van der Waals surface area contributed by atoms with Gasteiger partial charge in [-0.3, -0.25) is 0 Å². The van der Waals surface area contributed by atoms with Crippen LogP contribution in [-0.4, -0.2) is 0 Å². The molecule has 2 nitrogen and oxygen atoms in total. The number of nitriles is 1. The average molecular weight is 341 g/mol. The normalized spacial score (nSPS) is 10.9. The summed E-state index contributed by atoms with van der Waals surface area (Å²) in [6, 6.07) is 12.4. The van der Waals surface area contributed by atoms with Gasteiger partial charge in [0.25, 0.3) is 0 Å². The Balaban J connectivity index is 2.38. The van der Waals surface area contributed by atoms with Gasteiger partial charge in [0.05, 0.1) is 16.8 Å². The molecule has 0 radical (unpaired) electrons. The van der Waals surface area contributed by atoms with E-state index < -0.39 is 11.7 Å². The van der Waals surface area contributed by atoms with Crippen molar-refractivity contribution in [1.82, 2.24) is 0 Å². The molecular weight excluding hydrogens is 333 g/mol. The van der Waals surface area contributed by atoms with Gasteiger partial charge < -0.3 is 5.32 Å². The number of benzene rings is 2. The first-order valence-electron chi connectivity index (χ1n) is 5.54. The molecule has 0 aliphatic carbocycles. The molecule has 0 heterocycles. The van der Waals surface area contributed by atoms with Crippen molar-refractivity contribution in [2.24, 2.45) is 0 Å². The Morgan fingerprint density at radius 2 is 1.80 bits per heavy atom. The first-order chi connectivity index (χ1) is 9.41. The summed E-state index contributed by atoms with van der Waals surface area (Å²) in [7, 11) is 0. The van der Waals surface area contributed by atoms with E-state index in [9.17, 15) is 13.2 Å². The predicted molar refractivity (Wildman–Crippen MR) is 73.6 cm³/mol. The number of nitrogens with zero attached hydrogens (tertiary/aromatic N) is 1. The SMILES string of the molecule is N#Cc1ccccc1Nc1ccc(Br)c(C(F)(F)F)c1. The van der Waals surface area contributed by atoms with E-state index in [4.69, 9.17) is 5.26 Å². The van der Waals surface area contributed by atoms with E-state index in [1.165, 1.54) is 12.1 Å². The van der Waals surface area contributed by atoms with Gasteiger partial charge in [-0.15, -0.1) is 0 Å². The maximum Gasteiger partial charge on any atom is 0.417 e. The van der Waals surface area contributed by atoms with E-state index >= 15 is 0 Å². The van der Waals surface area contributed by atoms with Crippen molar-refractivity contribution in [1.29, 1.82) is 5.26 Å². The number of hydrogen-bond donors (Lipinski definition) is 1. The molecule has 2 rings (SSSR count). The minimum Gasteiger partial charge on any atom is -0.354 e. The Hall–Kier alpha value is -2.00. The Kier molecular flexibility index (Phi) is 4.00. The van der Waals surface area contributed by atoms with Crippen molar-refractivity contribution in [3.05, 3.63) is 58.1 Å². The quantitative estimate of drug-likeness (QED) is 0.827. The van der Waals surface area contributed by atoms with Gasteiger partial charge in [-0.25, -0.2) is 0 Å². The second-order valence-corrected chi connectivity index (χ2v) is 4.83. The fraction of sp³-hybridized carbons (Fsp3) is 0.0714. The standard InChI is InChI=1S/C14H8BrF3N2/c15-12-6-5-10(7-11(12)14(16,17)18)20-13-4-2-1-3-9(13)8-19/h1-7,20H. The molecule has 2 aromatic carbocycles. The van der Waals surface area contributed by atoms with Gasteiger partial charge in [-0.1, -0.05) is 28.1 Å². The average Bonchev–Trinajstić information content (AvgIpc) is 2.40. The second kappa shape index (κ2) is 5.55. The van der Waals surface area contributed by atoms with Gasteiger partial charge in [0.2, 0.25) is 0 Å². The largest absolute Gasteiger partial charge is 0.417 e. The predicted octanol–water partition coefficient (Wildman–Crippen LogP) is 5.08. The molecule has 2 aromatic rings. The number of halogens is 4. The Bertz CT molecular complexity index is 675. The molecule has 0 unspecified atom stereocenters. The zero-order chi connectivity index (χ0) is 14.8. The number of nitrogens with one attached hydrogen (secondary N) is 1. The monoisotopic (exact) mass is 340 g/mol. The van der Waals surface area contributed by atoms with E-state index in [1.54, 1.807) is 24.3 Å². The van der Waals surface area contributed by atoms with E-state index in [1.807, 2.05) is 6.07 Å². The third-order valence-corrected chi connectivity index (χ3v) is 3.29. The van der Waals surface area contributed by atoms with Crippen LogP contribution in [0.15, 0.2) is 46.9 Å². The second-order valence-electron chi connectivity index (χ2n) is 3.97. The highest BCUT2D eigenvalue weighted by Gasteiger charge is 2.33. The maximum absolute atomic E-state index is 12.8. The molecule has 102 valence electrons. The molecule has 6 heteroatoms. The smallest absolute Gasteiger partial charge is 0.354 e. The van der Waals surface area contributed by atoms with Crippen LogP contribution in [-0.2, 0) is 6.18 Å². The highest BCUT2D eigenvalue weighted by Crippen LogP contribution is 2.37. The molecule has 0 spiro atoms. The van der Waals surface area contributed by atoms with Crippen molar-refractivity contribution in [3.63, 3.8) is 0 Å². The number of anilines is 2. The zero-order valence-corrected chi connectivity index (χ0v) is 11.6. The molecule has 1 N–H and O–H groups in total. The van der Waals surface area contributed by atoms with Gasteiger partial charge in [-0.2, -0.15) is 18.4 Å². The third-order valence-electron chi connectivity index (χ3n) is 2.60. The summed E-state index contributed by atoms with van der Waals surface area (Å²) < 4.78 is 38.4. The van der Waals surface area contributed by atoms with Crippen molar-refractivity contribution >= 4 is 27.3 Å². The van der Waals surface area contributed by atoms with Crippen molar-refractivity contribution in [3.8, 4) is 6.07 Å². The highest BCUT2D eigenvalue weighted by atomic mass is 79.9. The lowest BCUT2D eigenvalue weighted by molar-refractivity contribution is -0.138. The van der Waals surface area contributed by atoms with Crippen molar-refractivity contribution in [2.45, 2.75) is 6.18 Å². The van der Waals surface area contributed by atoms with E-state index in [0.29, 0.717) is 11.3 Å². The van der Waals surface area contributed by atoms with Crippen LogP contribution < -0.4 is 5.32 Å². The summed E-state index contributed by atoms with van der Waals surface area (Å²) >= 11 is 2.88. The first-order valence-corrected chi connectivity index (χ1v) is 6.34. The van der Waals surface area contributed by atoms with Gasteiger partial charge >= 0.3 is 6.18 Å². The van der Waals surface area contributed by atoms with Crippen LogP contribution in [0.4, 0.5) is 24.5 Å². The molecule has 0 aromatic heterocycles. The number of rotatable bonds is 2. The molecule has 0 saturated heterocycles. The topological polar surface area (TPSA) is 35.8 Å². The summed E-state index contributed by atoms with van der Waals surface area (Å²) in [6.45, 7) is 0. The number of hydrogen-bond acceptors (Lipinski definition) is 2. The van der Waals surface area contributed by atoms with Crippen LogP contribution in [0.25, 0.3) is 0 Å². The summed E-state index contributed by atoms with van der Waals surface area (Å²) in [4.78, 5) is 0. The summed E-state index contributed by atoms with van der Waals surface area (Å²) in [5, 5.41) is 11.8. The van der Waals surface area contributed by atoms with Crippen LogP contribution >= 0.6 is 15.9 Å². The molecular formula is C14H8BrF3N2. The highest BCUT2D eigenvalue weighted by molar-refractivity contribution is 9.10. The molecule has 0 bridgehead atoms. The Morgan fingerprint density at radius 3 is 2.45 bits per heavy atom. The van der Waals surface area contributed by atoms with E-state index in [2.05, 4.69) is 21.2 Å². The molecule has 0 amide bonds. The molecule has 20 heavy (non-hydrogen) atoms. The van der Waals surface area contributed by atoms with E-state index in [-0.39, 0.29) is 10.2 Å². The third kappa shape index (κ3) is 3.11. The molecule has 0 atom stereocenters. The summed E-state index contributed by atoms with van der Waals surface area (Å²) in [6.07, 6.45) is -4.44. The minimum atomic E-state index is -4.44.